The van der Waals surface area contributed by atoms with Crippen molar-refractivity contribution in [3.8, 4) is 0 Å². The fraction of sp³-hybridized carbons (Fsp3) is 0.212. The number of carbonyl (C=O) groups excluding carboxylic acids is 4. The Bertz CT molecular complexity index is 1610. The highest BCUT2D eigenvalue weighted by Crippen LogP contribution is 2.43. The first-order valence-corrected chi connectivity index (χ1v) is 16.3. The molecule has 1 saturated heterocycles. The second-order valence-electron chi connectivity index (χ2n) is 10.3. The molecule has 3 aromatic rings. The van der Waals surface area contributed by atoms with Crippen molar-refractivity contribution in [1.82, 2.24) is 10.2 Å². The number of nitrogens with zero attached hydrogens (tertiary/aromatic N) is 1. The molecule has 3 aromatic carbocycles. The van der Waals surface area contributed by atoms with Gasteiger partial charge < -0.3 is 14.8 Å². The lowest BCUT2D eigenvalue weighted by Crippen LogP contribution is -2.70. The first-order valence-electron chi connectivity index (χ1n) is 13.9. The number of benzene rings is 3. The second kappa shape index (κ2) is 13.3. The number of halogens is 1. The Balaban J connectivity index is 1.27. The fourth-order valence-electron chi connectivity index (χ4n) is 5.19. The lowest BCUT2D eigenvalue weighted by molar-refractivity contribution is -0.154. The largest absolute Gasteiger partial charge is 0.456 e. The van der Waals surface area contributed by atoms with Crippen LogP contribution in [-0.4, -0.2) is 58.2 Å². The predicted octanol–water partition coefficient (Wildman–Crippen LogP) is 4.96. The highest BCUT2D eigenvalue weighted by molar-refractivity contribution is 8.03. The molecule has 44 heavy (non-hydrogen) atoms. The van der Waals surface area contributed by atoms with Gasteiger partial charge in [-0.15, -0.1) is 23.5 Å². The van der Waals surface area contributed by atoms with E-state index in [4.69, 9.17) is 21.1 Å². The Hall–Kier alpha value is -3.99. The molecule has 3 aliphatic rings. The fourth-order valence-corrected chi connectivity index (χ4v) is 7.87. The minimum atomic E-state index is -0.773. The van der Waals surface area contributed by atoms with E-state index in [1.165, 1.54) is 28.4 Å². The summed E-state index contributed by atoms with van der Waals surface area (Å²) < 4.78 is 11.2. The average molecular weight is 647 g/mol. The topological polar surface area (TPSA) is 102 Å². The number of rotatable bonds is 10. The smallest absolute Gasteiger partial charge is 0.356 e. The Morgan fingerprint density at radius 1 is 0.977 bits per heavy atom. The van der Waals surface area contributed by atoms with E-state index in [9.17, 15) is 19.2 Å². The van der Waals surface area contributed by atoms with Crippen LogP contribution in [0.4, 0.5) is 0 Å². The molecule has 0 radical (unpaired) electrons. The number of hydrogen-bond acceptors (Lipinski definition) is 8. The molecular formula is C33H27ClN2O6S2. The van der Waals surface area contributed by atoms with E-state index in [1.807, 2.05) is 91.0 Å². The van der Waals surface area contributed by atoms with Crippen molar-refractivity contribution in [1.29, 1.82) is 0 Å². The molecule has 1 fully saturated rings. The van der Waals surface area contributed by atoms with Crippen LogP contribution in [0.15, 0.2) is 112 Å². The van der Waals surface area contributed by atoms with Gasteiger partial charge in [-0.3, -0.25) is 14.5 Å². The van der Waals surface area contributed by atoms with Gasteiger partial charge in [0.2, 0.25) is 5.91 Å². The van der Waals surface area contributed by atoms with Gasteiger partial charge in [0, 0.05) is 16.4 Å². The molecule has 0 unspecified atom stereocenters. The average Bonchev–Trinajstić information content (AvgIpc) is 3.38. The van der Waals surface area contributed by atoms with Gasteiger partial charge in [-0.25, -0.2) is 9.59 Å². The number of nitrogens with one attached hydrogen (secondary N) is 1. The minimum absolute atomic E-state index is 0.0236. The third kappa shape index (κ3) is 6.29. The molecule has 224 valence electrons. The first-order chi connectivity index (χ1) is 21.4. The second-order valence-corrected chi connectivity index (χ2v) is 12.8. The lowest BCUT2D eigenvalue weighted by atomic mass is 10.0. The summed E-state index contributed by atoms with van der Waals surface area (Å²) in [6.07, 6.45) is -0.573. The van der Waals surface area contributed by atoms with Crippen LogP contribution in [0, 0.1) is 0 Å². The zero-order valence-electron chi connectivity index (χ0n) is 23.3. The Labute approximate surface area is 267 Å². The van der Waals surface area contributed by atoms with Crippen LogP contribution in [0.1, 0.15) is 22.8 Å². The number of esters is 2. The summed E-state index contributed by atoms with van der Waals surface area (Å²) in [6, 6.07) is 27.3. The van der Waals surface area contributed by atoms with Gasteiger partial charge in [0.25, 0.3) is 5.91 Å². The standard InChI is InChI=1S/C33H27ClN2O6S2/c34-26-24(17-41-32(26)39)43-18-23-19-44-31-27(35-25(37)16-20-10-4-1-5-11-20)30(38)36(31)28(23)33(40)42-29(21-12-6-2-7-13-21)22-14-8-3-9-15-22/h1-15,27,29,31H,16-19H2,(H,35,37)/t27-,31-/m1/s1. The van der Waals surface area contributed by atoms with Crippen molar-refractivity contribution in [3.63, 3.8) is 0 Å². The Morgan fingerprint density at radius 3 is 2.18 bits per heavy atom. The van der Waals surface area contributed by atoms with Crippen LogP contribution in [0.25, 0.3) is 0 Å². The molecule has 8 nitrogen and oxygen atoms in total. The van der Waals surface area contributed by atoms with E-state index in [0.29, 0.717) is 22.0 Å². The van der Waals surface area contributed by atoms with Gasteiger partial charge in [-0.2, -0.15) is 0 Å². The van der Waals surface area contributed by atoms with E-state index in [1.54, 1.807) is 0 Å². The molecule has 3 aliphatic heterocycles. The number of carbonyl (C=O) groups is 4. The number of hydrogen-bond donors (Lipinski definition) is 1. The van der Waals surface area contributed by atoms with Gasteiger partial charge in [-0.05, 0) is 22.3 Å². The molecule has 0 spiro atoms. The zero-order valence-corrected chi connectivity index (χ0v) is 25.7. The van der Waals surface area contributed by atoms with Gasteiger partial charge in [-0.1, -0.05) is 103 Å². The van der Waals surface area contributed by atoms with Gasteiger partial charge in [0.15, 0.2) is 6.10 Å². The minimum Gasteiger partial charge on any atom is -0.456 e. The van der Waals surface area contributed by atoms with Crippen molar-refractivity contribution in [2.24, 2.45) is 0 Å². The molecule has 2 amide bonds. The van der Waals surface area contributed by atoms with E-state index in [2.05, 4.69) is 5.32 Å². The number of thioether (sulfide) groups is 2. The molecule has 0 aromatic heterocycles. The molecule has 6 rings (SSSR count). The van der Waals surface area contributed by atoms with E-state index in [0.717, 1.165) is 16.7 Å². The molecule has 3 heterocycles. The van der Waals surface area contributed by atoms with Crippen molar-refractivity contribution >= 4 is 58.9 Å². The number of amides is 2. The van der Waals surface area contributed by atoms with Gasteiger partial charge >= 0.3 is 11.9 Å². The van der Waals surface area contributed by atoms with Crippen LogP contribution in [0.5, 0.6) is 0 Å². The van der Waals surface area contributed by atoms with Crippen molar-refractivity contribution in [2.45, 2.75) is 23.9 Å². The van der Waals surface area contributed by atoms with Crippen LogP contribution >= 0.6 is 35.1 Å². The van der Waals surface area contributed by atoms with Crippen LogP contribution in [0.3, 0.4) is 0 Å². The van der Waals surface area contributed by atoms with Gasteiger partial charge in [0.1, 0.15) is 28.8 Å². The quantitative estimate of drug-likeness (QED) is 0.244. The summed E-state index contributed by atoms with van der Waals surface area (Å²) in [6.45, 7) is 0.0629. The number of cyclic esters (lactones) is 1. The van der Waals surface area contributed by atoms with Crippen molar-refractivity contribution < 1.29 is 28.7 Å². The third-order valence-corrected chi connectivity index (χ3v) is 10.4. The lowest BCUT2D eigenvalue weighted by Gasteiger charge is -2.50. The summed E-state index contributed by atoms with van der Waals surface area (Å²) in [7, 11) is 0. The van der Waals surface area contributed by atoms with Crippen LogP contribution in [-0.2, 0) is 35.1 Å². The van der Waals surface area contributed by atoms with Crippen molar-refractivity contribution in [3.05, 3.63) is 129 Å². The number of β-lactam (4-membered cyclic amide) rings is 1. The van der Waals surface area contributed by atoms with E-state index < -0.39 is 29.5 Å². The van der Waals surface area contributed by atoms with Crippen LogP contribution in [0.2, 0.25) is 0 Å². The van der Waals surface area contributed by atoms with E-state index in [-0.39, 0.29) is 35.6 Å². The Morgan fingerprint density at radius 2 is 1.59 bits per heavy atom. The summed E-state index contributed by atoms with van der Waals surface area (Å²) in [5.74, 6) is -1.18. The van der Waals surface area contributed by atoms with Gasteiger partial charge in [0.05, 0.1) is 6.42 Å². The summed E-state index contributed by atoms with van der Waals surface area (Å²) in [5, 5.41) is 2.41. The molecule has 0 bridgehead atoms. The monoisotopic (exact) mass is 646 g/mol. The molecule has 0 saturated carbocycles. The maximum atomic E-state index is 14.1. The van der Waals surface area contributed by atoms with Crippen LogP contribution < -0.4 is 5.32 Å². The summed E-state index contributed by atoms with van der Waals surface area (Å²) in [4.78, 5) is 54.3. The number of ether oxygens (including phenoxy) is 2. The van der Waals surface area contributed by atoms with E-state index >= 15 is 0 Å². The predicted molar refractivity (Wildman–Crippen MR) is 169 cm³/mol. The SMILES string of the molecule is O=C(Cc1ccccc1)N[C@@H]1C(=O)N2C(C(=O)OC(c3ccccc3)c3ccccc3)=C(CSC3=C(Cl)C(=O)OC3)CS[C@H]12. The maximum absolute atomic E-state index is 14.1. The Kier molecular flexibility index (Phi) is 9.11. The first kappa shape index (κ1) is 30.1. The normalized spacial score (nSPS) is 19.5. The van der Waals surface area contributed by atoms with Crippen molar-refractivity contribution in [2.75, 3.05) is 18.1 Å². The molecule has 2 atom stereocenters. The summed E-state index contributed by atoms with van der Waals surface area (Å²) in [5.41, 5.74) is 3.22. The molecule has 11 heteroatoms. The highest BCUT2D eigenvalue weighted by atomic mass is 35.5. The third-order valence-electron chi connectivity index (χ3n) is 7.37. The maximum Gasteiger partial charge on any atom is 0.356 e. The highest BCUT2D eigenvalue weighted by Gasteiger charge is 2.54. The summed E-state index contributed by atoms with van der Waals surface area (Å²) >= 11 is 8.88. The molecular weight excluding hydrogens is 620 g/mol. The zero-order chi connectivity index (χ0) is 30.6. The molecule has 0 aliphatic carbocycles. The molecule has 1 N–H and O–H groups in total. The number of fused-ring (bicyclic) bond motifs is 1.